The molecule has 5 nitrogen and oxygen atoms in total. The molecule has 21 heavy (non-hydrogen) atoms. The lowest BCUT2D eigenvalue weighted by atomic mass is 10.0. The van der Waals surface area contributed by atoms with Crippen LogP contribution in [0.3, 0.4) is 0 Å². The maximum Gasteiger partial charge on any atom is 0.251 e. The molecule has 0 saturated carbocycles. The van der Waals surface area contributed by atoms with Crippen LogP contribution in [-0.4, -0.2) is 14.7 Å². The highest BCUT2D eigenvalue weighted by molar-refractivity contribution is 6.03. The Hall–Kier alpha value is -2.56. The van der Waals surface area contributed by atoms with Crippen LogP contribution >= 0.6 is 0 Å². The number of aryl methyl sites for hydroxylation is 3. The second-order valence-electron chi connectivity index (χ2n) is 5.28. The minimum absolute atomic E-state index is 0.0572. The van der Waals surface area contributed by atoms with Crippen LogP contribution in [0, 0.1) is 6.92 Å². The molecule has 0 aliphatic heterocycles. The Balaban J connectivity index is 2.68. The minimum atomic E-state index is -0.258. The van der Waals surface area contributed by atoms with Gasteiger partial charge in [0.1, 0.15) is 0 Å². The zero-order valence-corrected chi connectivity index (χ0v) is 12.2. The summed E-state index contributed by atoms with van der Waals surface area (Å²) in [6.45, 7) is 3.80. The first kappa shape index (κ1) is 13.4. The number of rotatable bonds is 1. The first-order valence-corrected chi connectivity index (χ1v) is 6.82. The molecule has 1 aromatic carbocycles. The summed E-state index contributed by atoms with van der Waals surface area (Å²) >= 11 is 0. The van der Waals surface area contributed by atoms with Gasteiger partial charge in [-0.15, -0.1) is 0 Å². The van der Waals surface area contributed by atoms with Crippen LogP contribution in [0.1, 0.15) is 18.1 Å². The number of hydrogen-bond donors (Lipinski definition) is 2. The fourth-order valence-electron chi connectivity index (χ4n) is 2.84. The molecular weight excluding hydrogens is 268 g/mol. The van der Waals surface area contributed by atoms with Crippen molar-refractivity contribution in [3.05, 3.63) is 50.0 Å². The molecule has 0 saturated heterocycles. The molecule has 0 bridgehead atoms. The molecule has 3 aromatic rings. The van der Waals surface area contributed by atoms with Crippen LogP contribution in [0.25, 0.3) is 21.8 Å². The van der Waals surface area contributed by atoms with E-state index in [4.69, 9.17) is 0 Å². The van der Waals surface area contributed by atoms with Gasteiger partial charge in [-0.05, 0) is 30.5 Å². The first-order chi connectivity index (χ1) is 9.93. The van der Waals surface area contributed by atoms with Crippen LogP contribution < -0.4 is 11.1 Å². The van der Waals surface area contributed by atoms with E-state index in [1.165, 1.54) is 4.57 Å². The maximum atomic E-state index is 11.9. The van der Waals surface area contributed by atoms with E-state index in [0.717, 1.165) is 21.9 Å². The summed E-state index contributed by atoms with van der Waals surface area (Å²) in [7, 11) is 1.61. The molecule has 0 fully saturated rings. The van der Waals surface area contributed by atoms with Crippen molar-refractivity contribution in [1.82, 2.24) is 9.55 Å². The molecule has 0 aliphatic carbocycles. The lowest BCUT2D eigenvalue weighted by Crippen LogP contribution is -2.17. The summed E-state index contributed by atoms with van der Waals surface area (Å²) in [5.41, 5.74) is 2.05. The normalized spacial score (nSPS) is 11.4. The van der Waals surface area contributed by atoms with Crippen molar-refractivity contribution >= 4 is 21.8 Å². The second-order valence-corrected chi connectivity index (χ2v) is 5.28. The van der Waals surface area contributed by atoms with Gasteiger partial charge >= 0.3 is 0 Å². The summed E-state index contributed by atoms with van der Waals surface area (Å²) in [5.74, 6) is -0.0572. The fraction of sp³-hybridized carbons (Fsp3) is 0.250. The summed E-state index contributed by atoms with van der Waals surface area (Å²) in [6.07, 6.45) is 0.691. The molecular formula is C16H16N2O3. The third-order valence-electron chi connectivity index (χ3n) is 3.99. The van der Waals surface area contributed by atoms with Gasteiger partial charge in [-0.3, -0.25) is 9.59 Å². The van der Waals surface area contributed by atoms with Gasteiger partial charge < -0.3 is 14.7 Å². The highest BCUT2D eigenvalue weighted by atomic mass is 16.3. The molecule has 0 amide bonds. The van der Waals surface area contributed by atoms with Gasteiger partial charge in [0.2, 0.25) is 5.56 Å². The molecule has 2 N–H and O–H groups in total. The summed E-state index contributed by atoms with van der Waals surface area (Å²) in [4.78, 5) is 26.3. The van der Waals surface area contributed by atoms with Crippen LogP contribution in [0.2, 0.25) is 0 Å². The molecule has 3 rings (SSSR count). The lowest BCUT2D eigenvalue weighted by Gasteiger charge is -2.13. The van der Waals surface area contributed by atoms with Crippen molar-refractivity contribution in [2.24, 2.45) is 7.05 Å². The van der Waals surface area contributed by atoms with E-state index in [2.05, 4.69) is 4.98 Å². The van der Waals surface area contributed by atoms with Gasteiger partial charge in [-0.2, -0.15) is 0 Å². The number of nitrogens with one attached hydrogen (secondary N) is 1. The quantitative estimate of drug-likeness (QED) is 0.671. The highest BCUT2D eigenvalue weighted by Gasteiger charge is 2.14. The SMILES string of the molecule is CCc1cc(=O)[nH]c2c(O)c3c(cc12)c(C)cc(=O)n3C. The van der Waals surface area contributed by atoms with E-state index in [1.54, 1.807) is 19.2 Å². The second kappa shape index (κ2) is 4.48. The van der Waals surface area contributed by atoms with Gasteiger partial charge in [-0.1, -0.05) is 6.92 Å². The number of phenolic OH excluding ortho intramolecular Hbond substituents is 1. The van der Waals surface area contributed by atoms with Crippen molar-refractivity contribution in [2.45, 2.75) is 20.3 Å². The summed E-state index contributed by atoms with van der Waals surface area (Å²) in [5, 5.41) is 12.2. The molecule has 0 radical (unpaired) electrons. The van der Waals surface area contributed by atoms with Crippen LogP contribution in [0.15, 0.2) is 27.8 Å². The van der Waals surface area contributed by atoms with Crippen molar-refractivity contribution in [3.63, 3.8) is 0 Å². The zero-order valence-electron chi connectivity index (χ0n) is 12.2. The number of H-pyrrole nitrogens is 1. The molecule has 0 spiro atoms. The predicted molar refractivity (Wildman–Crippen MR) is 83.1 cm³/mol. The highest BCUT2D eigenvalue weighted by Crippen LogP contribution is 2.33. The molecule has 2 aromatic heterocycles. The lowest BCUT2D eigenvalue weighted by molar-refractivity contribution is 0.483. The number of hydrogen-bond acceptors (Lipinski definition) is 3. The summed E-state index contributed by atoms with van der Waals surface area (Å²) in [6, 6.07) is 5.02. The van der Waals surface area contributed by atoms with Gasteiger partial charge in [-0.25, -0.2) is 0 Å². The van der Waals surface area contributed by atoms with Crippen molar-refractivity contribution < 1.29 is 5.11 Å². The smallest absolute Gasteiger partial charge is 0.251 e. The van der Waals surface area contributed by atoms with Crippen molar-refractivity contribution in [3.8, 4) is 5.75 Å². The van der Waals surface area contributed by atoms with Crippen LogP contribution in [0.5, 0.6) is 5.75 Å². The Labute approximate surface area is 120 Å². The molecule has 0 aliphatic rings. The van der Waals surface area contributed by atoms with Gasteiger partial charge in [0.25, 0.3) is 5.56 Å². The number of pyridine rings is 2. The summed E-state index contributed by atoms with van der Waals surface area (Å²) < 4.78 is 1.40. The monoisotopic (exact) mass is 284 g/mol. The van der Waals surface area contributed by atoms with Gasteiger partial charge in [0.15, 0.2) is 5.75 Å². The third-order valence-corrected chi connectivity index (χ3v) is 3.99. The molecule has 0 atom stereocenters. The Morgan fingerprint density at radius 1 is 1.19 bits per heavy atom. The standard InChI is InChI=1S/C16H16N2O3/c1-4-9-6-12(19)17-14-11(9)7-10-8(2)5-13(20)18(3)15(10)16(14)21/h5-7,21H,4H2,1-3H3,(H,17,19). The number of nitrogens with zero attached hydrogens (tertiary/aromatic N) is 1. The number of benzene rings is 1. The van der Waals surface area contributed by atoms with Crippen molar-refractivity contribution in [2.75, 3.05) is 0 Å². The van der Waals surface area contributed by atoms with Crippen LogP contribution in [0.4, 0.5) is 0 Å². The van der Waals surface area contributed by atoms with E-state index in [0.29, 0.717) is 17.5 Å². The third kappa shape index (κ3) is 1.85. The molecule has 5 heteroatoms. The topological polar surface area (TPSA) is 75.1 Å². The van der Waals surface area contributed by atoms with E-state index < -0.39 is 0 Å². The van der Waals surface area contributed by atoms with Gasteiger partial charge in [0.05, 0.1) is 11.0 Å². The number of aromatic hydroxyl groups is 1. The average Bonchev–Trinajstić information content (AvgIpc) is 2.44. The average molecular weight is 284 g/mol. The zero-order chi connectivity index (χ0) is 15.3. The minimum Gasteiger partial charge on any atom is -0.504 e. The molecule has 2 heterocycles. The van der Waals surface area contributed by atoms with E-state index in [-0.39, 0.29) is 16.9 Å². The number of aromatic nitrogens is 2. The molecule has 108 valence electrons. The number of phenols is 1. The van der Waals surface area contributed by atoms with E-state index in [9.17, 15) is 14.7 Å². The Kier molecular flexibility index (Phi) is 2.86. The van der Waals surface area contributed by atoms with Crippen LogP contribution in [-0.2, 0) is 13.5 Å². The number of fused-ring (bicyclic) bond motifs is 2. The molecule has 0 unspecified atom stereocenters. The van der Waals surface area contributed by atoms with E-state index >= 15 is 0 Å². The fourth-order valence-corrected chi connectivity index (χ4v) is 2.84. The Bertz CT molecular complexity index is 996. The Morgan fingerprint density at radius 3 is 2.57 bits per heavy atom. The predicted octanol–water partition coefficient (Wildman–Crippen LogP) is 1.96. The van der Waals surface area contributed by atoms with Crippen molar-refractivity contribution in [1.29, 1.82) is 0 Å². The number of aromatic amines is 1. The van der Waals surface area contributed by atoms with Gasteiger partial charge in [0, 0.05) is 30.0 Å². The van der Waals surface area contributed by atoms with E-state index in [1.807, 2.05) is 19.9 Å². The Morgan fingerprint density at radius 2 is 1.90 bits per heavy atom. The largest absolute Gasteiger partial charge is 0.504 e. The maximum absolute atomic E-state index is 11.9. The first-order valence-electron chi connectivity index (χ1n) is 6.82.